The number of rotatable bonds is 4. The second-order valence-electron chi connectivity index (χ2n) is 4.85. The minimum absolute atomic E-state index is 0.488. The molecule has 0 aromatic carbocycles. The lowest BCUT2D eigenvalue weighted by Gasteiger charge is -2.28. The van der Waals surface area contributed by atoms with Crippen molar-refractivity contribution < 1.29 is 0 Å². The summed E-state index contributed by atoms with van der Waals surface area (Å²) in [6, 6.07) is 3.92. The maximum atomic E-state index is 5.82. The van der Waals surface area contributed by atoms with Crippen LogP contribution >= 0.6 is 0 Å². The summed E-state index contributed by atoms with van der Waals surface area (Å²) < 4.78 is 0. The van der Waals surface area contributed by atoms with Gasteiger partial charge >= 0.3 is 0 Å². The standard InChI is InChI=1S/C13H21N3/c1-2-13(7-3-4-8-13)10-16-11-6-5-9-15-12(11)14/h5-6,9,16H,2-4,7-8,10H2,1H3,(H2,14,15). The summed E-state index contributed by atoms with van der Waals surface area (Å²) in [6.45, 7) is 3.32. The molecule has 1 aliphatic carbocycles. The molecule has 0 aliphatic heterocycles. The quantitative estimate of drug-likeness (QED) is 0.818. The van der Waals surface area contributed by atoms with Crippen molar-refractivity contribution in [3.63, 3.8) is 0 Å². The SMILES string of the molecule is CCC1(CNc2cccnc2N)CCCC1. The van der Waals surface area contributed by atoms with E-state index in [0.29, 0.717) is 11.2 Å². The summed E-state index contributed by atoms with van der Waals surface area (Å²) >= 11 is 0. The van der Waals surface area contributed by atoms with Gasteiger partial charge < -0.3 is 11.1 Å². The van der Waals surface area contributed by atoms with Crippen molar-refractivity contribution >= 4 is 11.5 Å². The first-order chi connectivity index (χ1) is 7.76. The number of aromatic nitrogens is 1. The lowest BCUT2D eigenvalue weighted by molar-refractivity contribution is 0.307. The van der Waals surface area contributed by atoms with Crippen LogP contribution in [0.4, 0.5) is 11.5 Å². The number of hydrogen-bond acceptors (Lipinski definition) is 3. The van der Waals surface area contributed by atoms with Gasteiger partial charge in [0.25, 0.3) is 0 Å². The van der Waals surface area contributed by atoms with Gasteiger partial charge in [-0.2, -0.15) is 0 Å². The first kappa shape index (κ1) is 11.2. The first-order valence-electron chi connectivity index (χ1n) is 6.20. The molecule has 0 radical (unpaired) electrons. The third-order valence-corrected chi connectivity index (χ3v) is 3.91. The normalized spacial score (nSPS) is 18.6. The smallest absolute Gasteiger partial charge is 0.146 e. The molecule has 2 rings (SSSR count). The summed E-state index contributed by atoms with van der Waals surface area (Å²) in [5.74, 6) is 0.603. The molecule has 3 heteroatoms. The summed E-state index contributed by atoms with van der Waals surface area (Å²) in [7, 11) is 0. The maximum Gasteiger partial charge on any atom is 0.146 e. The van der Waals surface area contributed by atoms with Gasteiger partial charge in [-0.15, -0.1) is 0 Å². The van der Waals surface area contributed by atoms with Crippen molar-refractivity contribution in [3.8, 4) is 0 Å². The lowest BCUT2D eigenvalue weighted by atomic mass is 9.83. The zero-order chi connectivity index (χ0) is 11.4. The molecule has 1 heterocycles. The van der Waals surface area contributed by atoms with Crippen molar-refractivity contribution in [2.24, 2.45) is 5.41 Å². The predicted octanol–water partition coefficient (Wildman–Crippen LogP) is 3.05. The van der Waals surface area contributed by atoms with Gasteiger partial charge in [-0.05, 0) is 36.8 Å². The molecule has 0 spiro atoms. The monoisotopic (exact) mass is 219 g/mol. The highest BCUT2D eigenvalue weighted by Crippen LogP contribution is 2.41. The molecule has 1 aromatic heterocycles. The fourth-order valence-electron chi connectivity index (χ4n) is 2.63. The molecule has 1 fully saturated rings. The van der Waals surface area contributed by atoms with Crippen molar-refractivity contribution in [1.29, 1.82) is 0 Å². The van der Waals surface area contributed by atoms with Gasteiger partial charge in [-0.3, -0.25) is 0 Å². The van der Waals surface area contributed by atoms with E-state index in [1.54, 1.807) is 6.20 Å². The van der Waals surface area contributed by atoms with Crippen LogP contribution in [-0.4, -0.2) is 11.5 Å². The number of pyridine rings is 1. The molecule has 16 heavy (non-hydrogen) atoms. The minimum Gasteiger partial charge on any atom is -0.382 e. The number of hydrogen-bond donors (Lipinski definition) is 2. The van der Waals surface area contributed by atoms with Crippen molar-refractivity contribution in [1.82, 2.24) is 4.98 Å². The van der Waals surface area contributed by atoms with Gasteiger partial charge in [0.1, 0.15) is 5.82 Å². The van der Waals surface area contributed by atoms with Gasteiger partial charge in [-0.1, -0.05) is 19.8 Å². The van der Waals surface area contributed by atoms with E-state index < -0.39 is 0 Å². The van der Waals surface area contributed by atoms with Crippen LogP contribution in [0.1, 0.15) is 39.0 Å². The van der Waals surface area contributed by atoms with Crippen LogP contribution in [0.15, 0.2) is 18.3 Å². The van der Waals surface area contributed by atoms with Gasteiger partial charge in [-0.25, -0.2) is 4.98 Å². The average molecular weight is 219 g/mol. The Bertz CT molecular complexity index is 343. The Morgan fingerprint density at radius 3 is 2.81 bits per heavy atom. The van der Waals surface area contributed by atoms with E-state index in [0.717, 1.165) is 12.2 Å². The molecule has 3 N–H and O–H groups in total. The van der Waals surface area contributed by atoms with Crippen molar-refractivity contribution in [2.75, 3.05) is 17.6 Å². The highest BCUT2D eigenvalue weighted by molar-refractivity contribution is 5.60. The summed E-state index contributed by atoms with van der Waals surface area (Å²) in [6.07, 6.45) is 8.41. The minimum atomic E-state index is 0.488. The summed E-state index contributed by atoms with van der Waals surface area (Å²) in [5.41, 5.74) is 7.28. The number of nitrogens with one attached hydrogen (secondary N) is 1. The zero-order valence-electron chi connectivity index (χ0n) is 10.00. The van der Waals surface area contributed by atoms with Gasteiger partial charge in [0.2, 0.25) is 0 Å². The van der Waals surface area contributed by atoms with Crippen LogP contribution in [0.2, 0.25) is 0 Å². The third kappa shape index (κ3) is 2.29. The fraction of sp³-hybridized carbons (Fsp3) is 0.615. The molecule has 1 aliphatic rings. The Balaban J connectivity index is 1.98. The topological polar surface area (TPSA) is 50.9 Å². The Kier molecular flexibility index (Phi) is 3.32. The largest absolute Gasteiger partial charge is 0.382 e. The van der Waals surface area contributed by atoms with E-state index in [9.17, 15) is 0 Å². The van der Waals surface area contributed by atoms with E-state index in [4.69, 9.17) is 5.73 Å². The van der Waals surface area contributed by atoms with Gasteiger partial charge in [0.05, 0.1) is 5.69 Å². The fourth-order valence-corrected chi connectivity index (χ4v) is 2.63. The highest BCUT2D eigenvalue weighted by Gasteiger charge is 2.31. The Labute approximate surface area is 97.5 Å². The van der Waals surface area contributed by atoms with Crippen LogP contribution in [0.3, 0.4) is 0 Å². The molecule has 0 bridgehead atoms. The van der Waals surface area contributed by atoms with Crippen LogP contribution in [0.25, 0.3) is 0 Å². The van der Waals surface area contributed by atoms with E-state index in [1.807, 2.05) is 12.1 Å². The Morgan fingerprint density at radius 1 is 1.44 bits per heavy atom. The maximum absolute atomic E-state index is 5.82. The number of anilines is 2. The second kappa shape index (κ2) is 4.73. The van der Waals surface area contributed by atoms with E-state index in [2.05, 4.69) is 17.2 Å². The van der Waals surface area contributed by atoms with Crippen LogP contribution in [-0.2, 0) is 0 Å². The van der Waals surface area contributed by atoms with Crippen molar-refractivity contribution in [3.05, 3.63) is 18.3 Å². The second-order valence-corrected chi connectivity index (χ2v) is 4.85. The summed E-state index contributed by atoms with van der Waals surface area (Å²) in [4.78, 5) is 4.09. The molecular weight excluding hydrogens is 198 g/mol. The van der Waals surface area contributed by atoms with Crippen molar-refractivity contribution in [2.45, 2.75) is 39.0 Å². The van der Waals surface area contributed by atoms with Gasteiger partial charge in [0, 0.05) is 12.7 Å². The molecular formula is C13H21N3. The number of nitrogens with two attached hydrogens (primary N) is 1. The number of nitrogen functional groups attached to an aromatic ring is 1. The van der Waals surface area contributed by atoms with E-state index in [-0.39, 0.29) is 0 Å². The lowest BCUT2D eigenvalue weighted by Crippen LogP contribution is -2.26. The Hall–Kier alpha value is -1.25. The molecule has 0 amide bonds. The predicted molar refractivity (Wildman–Crippen MR) is 68.3 cm³/mol. The Morgan fingerprint density at radius 2 is 2.19 bits per heavy atom. The molecule has 0 saturated heterocycles. The van der Waals surface area contributed by atoms with Crippen LogP contribution in [0, 0.1) is 5.41 Å². The third-order valence-electron chi connectivity index (χ3n) is 3.91. The molecule has 1 saturated carbocycles. The molecule has 3 nitrogen and oxygen atoms in total. The molecule has 1 aromatic rings. The zero-order valence-corrected chi connectivity index (χ0v) is 10.00. The molecule has 0 atom stereocenters. The van der Waals surface area contributed by atoms with Gasteiger partial charge in [0.15, 0.2) is 0 Å². The van der Waals surface area contributed by atoms with E-state index in [1.165, 1.54) is 32.1 Å². The summed E-state index contributed by atoms with van der Waals surface area (Å²) in [5, 5.41) is 3.46. The van der Waals surface area contributed by atoms with E-state index >= 15 is 0 Å². The van der Waals surface area contributed by atoms with Crippen LogP contribution in [0.5, 0.6) is 0 Å². The highest BCUT2D eigenvalue weighted by atomic mass is 15.0. The first-order valence-corrected chi connectivity index (χ1v) is 6.20. The molecule has 88 valence electrons. The van der Waals surface area contributed by atoms with Crippen LogP contribution < -0.4 is 11.1 Å². The molecule has 0 unspecified atom stereocenters. The number of nitrogens with zero attached hydrogens (tertiary/aromatic N) is 1. The average Bonchev–Trinajstić information content (AvgIpc) is 2.78.